The largest absolute Gasteiger partial charge is 0.493 e. The molecule has 148 valence electrons. The number of benzene rings is 2. The van der Waals surface area contributed by atoms with Crippen LogP contribution in [0.25, 0.3) is 22.4 Å². The molecule has 0 radical (unpaired) electrons. The SMILES string of the molecule is COc1cc(-c2nnc3s/c(=C\c4ccccc4F)c(=O)n23)cc(OC)c1OC. The summed E-state index contributed by atoms with van der Waals surface area (Å²) in [5.41, 5.74) is 0.567. The zero-order valence-electron chi connectivity index (χ0n) is 15.8. The van der Waals surface area contributed by atoms with Crippen LogP contribution < -0.4 is 24.3 Å². The third-order valence-corrected chi connectivity index (χ3v) is 5.32. The Labute approximate surface area is 168 Å². The van der Waals surface area contributed by atoms with E-state index in [1.807, 2.05) is 0 Å². The number of ether oxygens (including phenoxy) is 3. The van der Waals surface area contributed by atoms with Gasteiger partial charge in [0.05, 0.1) is 25.9 Å². The average molecular weight is 413 g/mol. The molecule has 2 aromatic heterocycles. The average Bonchev–Trinajstić information content (AvgIpc) is 3.29. The van der Waals surface area contributed by atoms with Crippen LogP contribution in [0, 0.1) is 5.82 Å². The standard InChI is InChI=1S/C20H16FN3O4S/c1-26-14-8-12(9-15(27-2)17(14)28-3)18-22-23-20-24(18)19(25)16(29-20)10-11-6-4-5-7-13(11)21/h4-10H,1-3H3/b16-10-. The summed E-state index contributed by atoms with van der Waals surface area (Å²) in [6.45, 7) is 0. The topological polar surface area (TPSA) is 75.0 Å². The minimum absolute atomic E-state index is 0.327. The molecule has 0 bridgehead atoms. The van der Waals surface area contributed by atoms with Gasteiger partial charge in [0, 0.05) is 11.1 Å². The molecular weight excluding hydrogens is 397 g/mol. The maximum Gasteiger partial charge on any atom is 0.276 e. The predicted octanol–water partition coefficient (Wildman–Crippen LogP) is 2.53. The lowest BCUT2D eigenvalue weighted by Crippen LogP contribution is -2.23. The molecule has 0 aliphatic rings. The van der Waals surface area contributed by atoms with E-state index in [0.717, 1.165) is 11.3 Å². The van der Waals surface area contributed by atoms with Crippen molar-refractivity contribution in [3.05, 3.63) is 62.7 Å². The molecule has 9 heteroatoms. The van der Waals surface area contributed by atoms with Crippen molar-refractivity contribution in [1.82, 2.24) is 14.6 Å². The highest BCUT2D eigenvalue weighted by molar-refractivity contribution is 7.15. The van der Waals surface area contributed by atoms with Gasteiger partial charge < -0.3 is 14.2 Å². The number of fused-ring (bicyclic) bond motifs is 1. The van der Waals surface area contributed by atoms with E-state index in [9.17, 15) is 9.18 Å². The molecule has 2 aromatic carbocycles. The molecule has 0 aliphatic carbocycles. The molecule has 0 saturated heterocycles. The quantitative estimate of drug-likeness (QED) is 0.501. The lowest BCUT2D eigenvalue weighted by molar-refractivity contribution is 0.324. The molecular formula is C20H16FN3O4S. The van der Waals surface area contributed by atoms with Crippen molar-refractivity contribution in [1.29, 1.82) is 0 Å². The van der Waals surface area contributed by atoms with Crippen LogP contribution in [0.3, 0.4) is 0 Å². The van der Waals surface area contributed by atoms with Gasteiger partial charge in [-0.25, -0.2) is 8.79 Å². The molecule has 0 saturated carbocycles. The van der Waals surface area contributed by atoms with E-state index in [1.165, 1.54) is 37.9 Å². The number of nitrogens with zero attached hydrogens (tertiary/aromatic N) is 3. The van der Waals surface area contributed by atoms with Gasteiger partial charge in [0.25, 0.3) is 5.56 Å². The van der Waals surface area contributed by atoms with Gasteiger partial charge in [-0.15, -0.1) is 10.2 Å². The molecule has 4 aromatic rings. The van der Waals surface area contributed by atoms with Crippen molar-refractivity contribution in [2.75, 3.05) is 21.3 Å². The highest BCUT2D eigenvalue weighted by atomic mass is 32.1. The molecule has 4 rings (SSSR count). The zero-order chi connectivity index (χ0) is 20.5. The molecule has 0 amide bonds. The fraction of sp³-hybridized carbons (Fsp3) is 0.150. The maximum absolute atomic E-state index is 14.0. The smallest absolute Gasteiger partial charge is 0.276 e. The van der Waals surface area contributed by atoms with E-state index >= 15 is 0 Å². The van der Waals surface area contributed by atoms with Gasteiger partial charge in [0.15, 0.2) is 17.3 Å². The van der Waals surface area contributed by atoms with Crippen LogP contribution >= 0.6 is 11.3 Å². The van der Waals surface area contributed by atoms with Crippen LogP contribution in [0.1, 0.15) is 5.56 Å². The Kier molecular flexibility index (Phi) is 4.89. The summed E-state index contributed by atoms with van der Waals surface area (Å²) in [4.78, 5) is 13.4. The summed E-state index contributed by atoms with van der Waals surface area (Å²) in [5.74, 6) is 1.22. The Morgan fingerprint density at radius 3 is 2.34 bits per heavy atom. The lowest BCUT2D eigenvalue weighted by Gasteiger charge is -2.13. The van der Waals surface area contributed by atoms with Crippen LogP contribution in [0.5, 0.6) is 17.2 Å². The molecule has 0 aliphatic heterocycles. The summed E-state index contributed by atoms with van der Waals surface area (Å²) >= 11 is 1.14. The number of rotatable bonds is 5. The van der Waals surface area contributed by atoms with Gasteiger partial charge in [-0.1, -0.05) is 29.5 Å². The van der Waals surface area contributed by atoms with Crippen molar-refractivity contribution in [3.63, 3.8) is 0 Å². The molecule has 0 spiro atoms. The van der Waals surface area contributed by atoms with Crippen LogP contribution in [0.15, 0.2) is 41.2 Å². The lowest BCUT2D eigenvalue weighted by atomic mass is 10.1. The molecule has 2 heterocycles. The van der Waals surface area contributed by atoms with Crippen molar-refractivity contribution in [2.45, 2.75) is 0 Å². The highest BCUT2D eigenvalue weighted by Crippen LogP contribution is 2.40. The first kappa shape index (κ1) is 18.9. The third-order valence-electron chi connectivity index (χ3n) is 4.36. The number of thiazole rings is 1. The second-order valence-corrected chi connectivity index (χ2v) is 7.00. The summed E-state index contributed by atoms with van der Waals surface area (Å²) in [5, 5.41) is 8.24. The Hall–Kier alpha value is -3.46. The first-order valence-electron chi connectivity index (χ1n) is 8.52. The molecule has 0 atom stereocenters. The molecule has 0 N–H and O–H groups in total. The monoisotopic (exact) mass is 413 g/mol. The zero-order valence-corrected chi connectivity index (χ0v) is 16.6. The van der Waals surface area contributed by atoms with E-state index in [0.29, 0.717) is 43.7 Å². The Morgan fingerprint density at radius 2 is 1.72 bits per heavy atom. The maximum atomic E-state index is 14.0. The normalized spacial score (nSPS) is 11.8. The Morgan fingerprint density at radius 1 is 1.03 bits per heavy atom. The van der Waals surface area contributed by atoms with Gasteiger partial charge in [-0.3, -0.25) is 4.79 Å². The van der Waals surface area contributed by atoms with Crippen LogP contribution in [0.4, 0.5) is 4.39 Å². The molecule has 0 fully saturated rings. The third kappa shape index (κ3) is 3.19. The van der Waals surface area contributed by atoms with Gasteiger partial charge in [-0.05, 0) is 24.3 Å². The van der Waals surface area contributed by atoms with E-state index in [1.54, 1.807) is 30.3 Å². The fourth-order valence-electron chi connectivity index (χ4n) is 2.99. The first-order valence-corrected chi connectivity index (χ1v) is 9.33. The van der Waals surface area contributed by atoms with Crippen LogP contribution in [0.2, 0.25) is 0 Å². The van der Waals surface area contributed by atoms with Crippen molar-refractivity contribution in [2.24, 2.45) is 0 Å². The fourth-order valence-corrected chi connectivity index (χ4v) is 3.90. The van der Waals surface area contributed by atoms with Crippen LogP contribution in [-0.4, -0.2) is 35.9 Å². The second-order valence-electron chi connectivity index (χ2n) is 5.99. The number of aromatic nitrogens is 3. The Balaban J connectivity index is 1.93. The van der Waals surface area contributed by atoms with Crippen molar-refractivity contribution < 1.29 is 18.6 Å². The minimum Gasteiger partial charge on any atom is -0.493 e. The van der Waals surface area contributed by atoms with Gasteiger partial charge in [0.2, 0.25) is 10.7 Å². The number of hydrogen-bond donors (Lipinski definition) is 0. The van der Waals surface area contributed by atoms with Crippen LogP contribution in [-0.2, 0) is 0 Å². The predicted molar refractivity (Wildman–Crippen MR) is 107 cm³/mol. The highest BCUT2D eigenvalue weighted by Gasteiger charge is 2.19. The summed E-state index contributed by atoms with van der Waals surface area (Å²) in [6, 6.07) is 9.64. The summed E-state index contributed by atoms with van der Waals surface area (Å²) in [6.07, 6.45) is 1.51. The summed E-state index contributed by atoms with van der Waals surface area (Å²) in [7, 11) is 4.52. The van der Waals surface area contributed by atoms with E-state index in [4.69, 9.17) is 14.2 Å². The van der Waals surface area contributed by atoms with Gasteiger partial charge >= 0.3 is 0 Å². The first-order chi connectivity index (χ1) is 14.1. The van der Waals surface area contributed by atoms with E-state index in [2.05, 4.69) is 10.2 Å². The number of halogens is 1. The van der Waals surface area contributed by atoms with Gasteiger partial charge in [0.1, 0.15) is 5.82 Å². The van der Waals surface area contributed by atoms with Crippen molar-refractivity contribution >= 4 is 22.4 Å². The summed E-state index contributed by atoms with van der Waals surface area (Å²) < 4.78 is 31.8. The molecule has 7 nitrogen and oxygen atoms in total. The van der Waals surface area contributed by atoms with Crippen molar-refractivity contribution in [3.8, 4) is 28.6 Å². The molecule has 0 unspecified atom stereocenters. The van der Waals surface area contributed by atoms with E-state index < -0.39 is 5.82 Å². The van der Waals surface area contributed by atoms with Gasteiger partial charge in [-0.2, -0.15) is 0 Å². The second kappa shape index (κ2) is 7.51. The Bertz CT molecular complexity index is 1290. The molecule has 29 heavy (non-hydrogen) atoms. The van der Waals surface area contributed by atoms with E-state index in [-0.39, 0.29) is 5.56 Å². The number of methoxy groups -OCH3 is 3. The number of hydrogen-bond acceptors (Lipinski definition) is 7. The minimum atomic E-state index is -0.402.